The molecule has 0 bridgehead atoms. The summed E-state index contributed by atoms with van der Waals surface area (Å²) >= 11 is 0. The van der Waals surface area contributed by atoms with Crippen LogP contribution in [-0.2, 0) is 6.54 Å². The fraction of sp³-hybridized carbons (Fsp3) is 0.522. The highest BCUT2D eigenvalue weighted by molar-refractivity contribution is 5.43. The molecule has 0 unspecified atom stereocenters. The van der Waals surface area contributed by atoms with Crippen LogP contribution in [0.5, 0.6) is 17.2 Å². The maximum atomic E-state index is 10.4. The fourth-order valence-electron chi connectivity index (χ4n) is 3.53. The molecule has 1 aromatic heterocycles. The molecule has 0 amide bonds. The first-order chi connectivity index (χ1) is 14.7. The van der Waals surface area contributed by atoms with Gasteiger partial charge in [0, 0.05) is 25.8 Å². The molecule has 2 aromatic rings. The van der Waals surface area contributed by atoms with E-state index in [2.05, 4.69) is 15.2 Å². The second-order valence-corrected chi connectivity index (χ2v) is 7.53. The summed E-state index contributed by atoms with van der Waals surface area (Å²) in [6.07, 6.45) is 6.62. The Balaban J connectivity index is 1.42. The van der Waals surface area contributed by atoms with Gasteiger partial charge in [-0.25, -0.2) is 0 Å². The molecule has 2 N–H and O–H groups in total. The van der Waals surface area contributed by atoms with Crippen molar-refractivity contribution in [2.45, 2.75) is 31.9 Å². The van der Waals surface area contributed by atoms with Crippen LogP contribution in [0.3, 0.4) is 0 Å². The molecule has 3 rings (SSSR count). The molecule has 1 aromatic carbocycles. The van der Waals surface area contributed by atoms with Gasteiger partial charge in [-0.1, -0.05) is 12.5 Å². The number of rotatable bonds is 12. The Morgan fingerprint density at radius 2 is 2.00 bits per heavy atom. The van der Waals surface area contributed by atoms with Crippen molar-refractivity contribution in [2.24, 2.45) is 0 Å². The first-order valence-electron chi connectivity index (χ1n) is 10.7. The second-order valence-electron chi connectivity index (χ2n) is 7.53. The summed E-state index contributed by atoms with van der Waals surface area (Å²) in [7, 11) is 1.63. The number of aliphatic hydroxyl groups is 1. The Morgan fingerprint density at radius 1 is 1.13 bits per heavy atom. The van der Waals surface area contributed by atoms with Gasteiger partial charge in [-0.3, -0.25) is 4.98 Å². The maximum absolute atomic E-state index is 10.4. The Hall–Kier alpha value is -2.35. The number of piperidine rings is 1. The summed E-state index contributed by atoms with van der Waals surface area (Å²) in [6, 6.07) is 9.60. The van der Waals surface area contributed by atoms with Crippen molar-refractivity contribution in [2.75, 3.05) is 46.5 Å². The number of ether oxygens (including phenoxy) is 3. The zero-order chi connectivity index (χ0) is 21.0. The Morgan fingerprint density at radius 3 is 2.77 bits per heavy atom. The maximum Gasteiger partial charge on any atom is 0.161 e. The van der Waals surface area contributed by atoms with Crippen LogP contribution in [0.4, 0.5) is 0 Å². The van der Waals surface area contributed by atoms with Crippen molar-refractivity contribution in [1.82, 2.24) is 15.2 Å². The van der Waals surface area contributed by atoms with Crippen molar-refractivity contribution in [3.63, 3.8) is 0 Å². The zero-order valence-electron chi connectivity index (χ0n) is 17.8. The zero-order valence-corrected chi connectivity index (χ0v) is 17.8. The third kappa shape index (κ3) is 7.48. The van der Waals surface area contributed by atoms with E-state index in [-0.39, 0.29) is 6.61 Å². The standard InChI is InChI=1S/C23H33N3O4/c1-28-22-8-7-19(15-25-10-13-29-21-6-5-9-24-16-21)14-23(22)30-18-20(27)17-26-11-3-2-4-12-26/h5-9,14,16,20,25,27H,2-4,10-13,15,17-18H2,1H3/t20-/m0/s1. The third-order valence-corrected chi connectivity index (χ3v) is 5.09. The number of aromatic nitrogens is 1. The van der Waals surface area contributed by atoms with Crippen LogP contribution < -0.4 is 19.5 Å². The molecule has 7 nitrogen and oxygen atoms in total. The largest absolute Gasteiger partial charge is 0.493 e. The van der Waals surface area contributed by atoms with Gasteiger partial charge < -0.3 is 29.5 Å². The summed E-state index contributed by atoms with van der Waals surface area (Å²) in [5.41, 5.74) is 1.08. The minimum Gasteiger partial charge on any atom is -0.493 e. The van der Waals surface area contributed by atoms with E-state index in [0.29, 0.717) is 37.7 Å². The minimum absolute atomic E-state index is 0.253. The monoisotopic (exact) mass is 415 g/mol. The lowest BCUT2D eigenvalue weighted by molar-refractivity contribution is 0.0608. The van der Waals surface area contributed by atoms with E-state index in [1.165, 1.54) is 19.3 Å². The van der Waals surface area contributed by atoms with Crippen molar-refractivity contribution < 1.29 is 19.3 Å². The summed E-state index contributed by atoms with van der Waals surface area (Å²) < 4.78 is 16.9. The molecule has 1 aliphatic heterocycles. The minimum atomic E-state index is -0.515. The Kier molecular flexibility index (Phi) is 9.21. The van der Waals surface area contributed by atoms with E-state index in [1.54, 1.807) is 19.5 Å². The van der Waals surface area contributed by atoms with Crippen LogP contribution >= 0.6 is 0 Å². The molecular formula is C23H33N3O4. The quantitative estimate of drug-likeness (QED) is 0.516. The van der Waals surface area contributed by atoms with Gasteiger partial charge in [-0.05, 0) is 55.8 Å². The number of β-amino-alcohol motifs (C(OH)–C–C–N with tert-alkyl or cyclic N) is 1. The van der Waals surface area contributed by atoms with Gasteiger partial charge in [-0.2, -0.15) is 0 Å². The fourth-order valence-corrected chi connectivity index (χ4v) is 3.53. The van der Waals surface area contributed by atoms with E-state index < -0.39 is 6.10 Å². The van der Waals surface area contributed by atoms with Gasteiger partial charge in [0.05, 0.1) is 13.3 Å². The van der Waals surface area contributed by atoms with Gasteiger partial charge in [0.1, 0.15) is 25.1 Å². The SMILES string of the molecule is COc1ccc(CNCCOc2cccnc2)cc1OC[C@@H](O)CN1CCCCC1. The number of hydrogen-bond acceptors (Lipinski definition) is 7. The molecule has 0 saturated carbocycles. The van der Waals surface area contributed by atoms with E-state index >= 15 is 0 Å². The molecule has 0 spiro atoms. The molecule has 7 heteroatoms. The Labute approximate surface area is 179 Å². The van der Waals surface area contributed by atoms with Gasteiger partial charge in [0.15, 0.2) is 11.5 Å². The summed E-state index contributed by atoms with van der Waals surface area (Å²) in [5, 5.41) is 13.7. The highest BCUT2D eigenvalue weighted by Gasteiger charge is 2.16. The molecule has 1 aliphatic rings. The number of benzene rings is 1. The third-order valence-electron chi connectivity index (χ3n) is 5.09. The number of pyridine rings is 1. The van der Waals surface area contributed by atoms with Crippen LogP contribution in [-0.4, -0.2) is 67.6 Å². The normalized spacial score (nSPS) is 15.5. The first kappa shape index (κ1) is 22.3. The van der Waals surface area contributed by atoms with E-state index in [1.807, 2.05) is 30.3 Å². The van der Waals surface area contributed by atoms with Crippen molar-refractivity contribution in [3.8, 4) is 17.2 Å². The summed E-state index contributed by atoms with van der Waals surface area (Å²) in [5.74, 6) is 2.09. The van der Waals surface area contributed by atoms with Gasteiger partial charge in [-0.15, -0.1) is 0 Å². The topological polar surface area (TPSA) is 76.1 Å². The average Bonchev–Trinajstić information content (AvgIpc) is 2.79. The lowest BCUT2D eigenvalue weighted by Gasteiger charge is -2.28. The van der Waals surface area contributed by atoms with Gasteiger partial charge >= 0.3 is 0 Å². The van der Waals surface area contributed by atoms with E-state index in [4.69, 9.17) is 14.2 Å². The van der Waals surface area contributed by atoms with Crippen molar-refractivity contribution >= 4 is 0 Å². The smallest absolute Gasteiger partial charge is 0.161 e. The van der Waals surface area contributed by atoms with Gasteiger partial charge in [0.25, 0.3) is 0 Å². The Bertz CT molecular complexity index is 738. The second kappa shape index (κ2) is 12.4. The number of likely N-dealkylation sites (tertiary alicyclic amines) is 1. The van der Waals surface area contributed by atoms with Gasteiger partial charge in [0.2, 0.25) is 0 Å². The van der Waals surface area contributed by atoms with Crippen molar-refractivity contribution in [3.05, 3.63) is 48.3 Å². The lowest BCUT2D eigenvalue weighted by Crippen LogP contribution is -2.38. The summed E-state index contributed by atoms with van der Waals surface area (Å²) in [6.45, 7) is 4.99. The molecule has 0 radical (unpaired) electrons. The number of methoxy groups -OCH3 is 1. The van der Waals surface area contributed by atoms with Crippen LogP contribution in [0.1, 0.15) is 24.8 Å². The molecular weight excluding hydrogens is 382 g/mol. The first-order valence-corrected chi connectivity index (χ1v) is 10.7. The molecule has 0 aliphatic carbocycles. The van der Waals surface area contributed by atoms with Crippen LogP contribution in [0.2, 0.25) is 0 Å². The summed E-state index contributed by atoms with van der Waals surface area (Å²) in [4.78, 5) is 6.34. The molecule has 2 heterocycles. The highest BCUT2D eigenvalue weighted by atomic mass is 16.5. The van der Waals surface area contributed by atoms with E-state index in [0.717, 1.165) is 24.4 Å². The number of hydrogen-bond donors (Lipinski definition) is 2. The van der Waals surface area contributed by atoms with Crippen LogP contribution in [0.15, 0.2) is 42.7 Å². The van der Waals surface area contributed by atoms with E-state index in [9.17, 15) is 5.11 Å². The van der Waals surface area contributed by atoms with Crippen LogP contribution in [0.25, 0.3) is 0 Å². The molecule has 1 fully saturated rings. The molecule has 1 saturated heterocycles. The lowest BCUT2D eigenvalue weighted by atomic mass is 10.1. The number of nitrogens with zero attached hydrogens (tertiary/aromatic N) is 2. The predicted molar refractivity (Wildman–Crippen MR) is 116 cm³/mol. The average molecular weight is 416 g/mol. The van der Waals surface area contributed by atoms with Crippen molar-refractivity contribution in [1.29, 1.82) is 0 Å². The molecule has 164 valence electrons. The number of nitrogens with one attached hydrogen (secondary N) is 1. The number of aliphatic hydroxyl groups excluding tert-OH is 1. The van der Waals surface area contributed by atoms with Crippen LogP contribution in [0, 0.1) is 0 Å². The molecule has 1 atom stereocenters. The predicted octanol–water partition coefficient (Wildman–Crippen LogP) is 2.48. The highest BCUT2D eigenvalue weighted by Crippen LogP contribution is 2.28. The molecule has 30 heavy (non-hydrogen) atoms.